The Kier molecular flexibility index (Phi) is 15.9. The molecule has 0 saturated heterocycles. The van der Waals surface area contributed by atoms with E-state index >= 15 is 0 Å². The zero-order valence-corrected chi connectivity index (χ0v) is 30.1. The first-order chi connectivity index (χ1) is 21.2. The van der Waals surface area contributed by atoms with Crippen molar-refractivity contribution in [3.63, 3.8) is 0 Å². The molecule has 2 heterocycles. The van der Waals surface area contributed by atoms with Gasteiger partial charge in [-0.05, 0) is 61.8 Å². The van der Waals surface area contributed by atoms with E-state index in [1.54, 1.807) is 12.2 Å². The summed E-state index contributed by atoms with van der Waals surface area (Å²) < 4.78 is 0. The van der Waals surface area contributed by atoms with Crippen molar-refractivity contribution in [2.24, 2.45) is 9.98 Å². The predicted molar refractivity (Wildman–Crippen MR) is 190 cm³/mol. The first-order valence-electron chi connectivity index (χ1n) is 15.4. The molecule has 45 heavy (non-hydrogen) atoms. The molecule has 0 bridgehead atoms. The van der Waals surface area contributed by atoms with Crippen molar-refractivity contribution < 1.29 is 10.2 Å². The molecule has 230 valence electrons. The second-order valence-electron chi connectivity index (χ2n) is 11.0. The number of aliphatic imine (C=N–C) groups is 2. The average molecular weight is 704 g/mol. The number of nitrogens with zero attached hydrogens (tertiary/aromatic N) is 2. The van der Waals surface area contributed by atoms with E-state index in [2.05, 4.69) is 27.7 Å². The molecule has 2 aliphatic rings. The minimum Gasteiger partial charge on any atom is -0.871 e. The predicted octanol–water partition coefficient (Wildman–Crippen LogP) is 8.04. The van der Waals surface area contributed by atoms with E-state index in [1.165, 1.54) is 12.8 Å². The summed E-state index contributed by atoms with van der Waals surface area (Å²) in [7, 11) is 0. The van der Waals surface area contributed by atoms with Crippen LogP contribution in [0.2, 0.25) is 0 Å². The van der Waals surface area contributed by atoms with Gasteiger partial charge in [-0.15, -0.1) is 0 Å². The molecule has 0 spiro atoms. The maximum absolute atomic E-state index is 13.1. The number of hydrogen-bond acceptors (Lipinski definition) is 4. The monoisotopic (exact) mass is 704 g/mol. The van der Waals surface area contributed by atoms with Gasteiger partial charge in [-0.2, -0.15) is 0 Å². The van der Waals surface area contributed by atoms with E-state index in [1.807, 2.05) is 106 Å². The van der Waals surface area contributed by atoms with Crippen LogP contribution < -0.4 is 10.2 Å². The molecule has 0 aromatic heterocycles. The van der Waals surface area contributed by atoms with Gasteiger partial charge >= 0.3 is 23.9 Å². The van der Waals surface area contributed by atoms with E-state index in [0.29, 0.717) is 22.5 Å². The van der Waals surface area contributed by atoms with Gasteiger partial charge in [0, 0.05) is 0 Å². The van der Waals surface area contributed by atoms with Crippen molar-refractivity contribution in [2.45, 2.75) is 66.2 Å². The molecule has 5 rings (SSSR count). The Labute approximate surface area is 287 Å². The quantitative estimate of drug-likeness (QED) is 0.185. The van der Waals surface area contributed by atoms with Crippen molar-refractivity contribution in [1.29, 1.82) is 0 Å². The molecule has 0 aliphatic carbocycles. The Morgan fingerprint density at radius 2 is 0.889 bits per heavy atom. The fraction of sp³-hybridized carbons (Fsp3) is 0.250. The summed E-state index contributed by atoms with van der Waals surface area (Å²) in [6.07, 6.45) is 11.8. The number of benzene rings is 3. The Balaban J connectivity index is 0.000000704. The van der Waals surface area contributed by atoms with Crippen LogP contribution in [-0.2, 0) is 0 Å². The van der Waals surface area contributed by atoms with Crippen LogP contribution in [0.25, 0.3) is 11.5 Å². The van der Waals surface area contributed by atoms with Crippen LogP contribution in [0.4, 0.5) is 0 Å². The van der Waals surface area contributed by atoms with Crippen LogP contribution >= 0.6 is 0 Å². The molecule has 0 amide bonds. The van der Waals surface area contributed by atoms with Crippen molar-refractivity contribution in [3.8, 4) is 0 Å². The molecule has 4 nitrogen and oxygen atoms in total. The van der Waals surface area contributed by atoms with Crippen LogP contribution in [0, 0.1) is 34.6 Å². The summed E-state index contributed by atoms with van der Waals surface area (Å²) >= 11 is 0. The summed E-state index contributed by atoms with van der Waals surface area (Å²) in [6, 6.07) is 23.2. The molecule has 4 radical (unpaired) electrons. The summed E-state index contributed by atoms with van der Waals surface area (Å²) in [5.41, 5.74) is 7.80. The number of allylic oxidation sites excluding steroid dienone is 4. The third kappa shape index (κ3) is 10.7. The molecule has 0 atom stereocenters. The van der Waals surface area contributed by atoms with Gasteiger partial charge in [-0.3, -0.25) is 9.98 Å². The molecule has 0 saturated carbocycles. The standard InChI is InChI=1S/C32H28N2O2.2C4H9.Sn/c1-20-4-10-23(11-5-20)30(26-16-18-28(33-26)31(35)24-12-6-21(2)7-13-24)27-17-19-29(34-27)32(36)25-14-8-22(3)9-15-25;2*1-3-4-2;/h4-19,30,35-36H,1-3H3;2*1,3-4H2,2H3;/q;;;+2/p-2. The molecule has 0 fully saturated rings. The third-order valence-electron chi connectivity index (χ3n) is 7.13. The van der Waals surface area contributed by atoms with E-state index in [0.717, 1.165) is 46.5 Å². The van der Waals surface area contributed by atoms with Crippen molar-refractivity contribution in [1.82, 2.24) is 0 Å². The summed E-state index contributed by atoms with van der Waals surface area (Å²) in [6.45, 7) is 17.5. The molecule has 0 unspecified atom stereocenters. The average Bonchev–Trinajstić information content (AvgIpc) is 3.74. The van der Waals surface area contributed by atoms with Crippen LogP contribution in [0.3, 0.4) is 0 Å². The molecule has 2 aliphatic heterocycles. The van der Waals surface area contributed by atoms with Crippen LogP contribution in [0.5, 0.6) is 0 Å². The number of aryl methyl sites for hydroxylation is 3. The van der Waals surface area contributed by atoms with E-state index < -0.39 is 0 Å². The molecular weight excluding hydrogens is 659 g/mol. The molecule has 5 heteroatoms. The van der Waals surface area contributed by atoms with Gasteiger partial charge in [0.2, 0.25) is 0 Å². The van der Waals surface area contributed by atoms with Crippen LogP contribution in [0.15, 0.2) is 118 Å². The zero-order valence-electron chi connectivity index (χ0n) is 27.3. The maximum atomic E-state index is 13.1. The van der Waals surface area contributed by atoms with Gasteiger partial charge in [0.1, 0.15) is 0 Å². The fourth-order valence-electron chi connectivity index (χ4n) is 4.29. The zero-order chi connectivity index (χ0) is 32.1. The number of unbranched alkanes of at least 4 members (excludes halogenated alkanes) is 2. The number of rotatable bonds is 7. The van der Waals surface area contributed by atoms with Crippen molar-refractivity contribution >= 4 is 46.8 Å². The molecule has 3 aromatic rings. The van der Waals surface area contributed by atoms with E-state index in [9.17, 15) is 10.2 Å². The van der Waals surface area contributed by atoms with E-state index in [-0.39, 0.29) is 41.3 Å². The summed E-state index contributed by atoms with van der Waals surface area (Å²) in [5.74, 6) is -0.533. The van der Waals surface area contributed by atoms with Gasteiger partial charge in [-0.25, -0.2) is 0 Å². The van der Waals surface area contributed by atoms with E-state index in [4.69, 9.17) is 9.98 Å². The minimum absolute atomic E-state index is 0. The topological polar surface area (TPSA) is 70.8 Å². The van der Waals surface area contributed by atoms with Crippen LogP contribution in [-0.4, -0.2) is 35.3 Å². The first kappa shape index (κ1) is 37.5. The Morgan fingerprint density at radius 3 is 1.20 bits per heavy atom. The summed E-state index contributed by atoms with van der Waals surface area (Å²) in [4.78, 5) is 9.46. The van der Waals surface area contributed by atoms with Gasteiger partial charge in [0.15, 0.2) is 0 Å². The van der Waals surface area contributed by atoms with Gasteiger partial charge < -0.3 is 10.2 Å². The maximum Gasteiger partial charge on any atom is 2.00 e. The van der Waals surface area contributed by atoms with Gasteiger partial charge in [0.05, 0.1) is 28.7 Å². The SMILES string of the molecule is Cc1ccc(C([O-])=C2C=CC(C(C3=NC(=C([O-])c4ccc(C)cc4)C=C3)c3ccc(C)cc3)=N2)cc1.[CH2]CCC.[CH2]CCC.[Sn+2]. The van der Waals surface area contributed by atoms with Gasteiger partial charge in [-0.1, -0.05) is 154 Å². The largest absolute Gasteiger partial charge is 2.00 e. The Morgan fingerprint density at radius 1 is 0.578 bits per heavy atom. The fourth-order valence-corrected chi connectivity index (χ4v) is 4.29. The van der Waals surface area contributed by atoms with Crippen molar-refractivity contribution in [3.05, 3.63) is 156 Å². The second-order valence-corrected chi connectivity index (χ2v) is 11.0. The third-order valence-corrected chi connectivity index (χ3v) is 7.13. The molecule has 3 aromatic carbocycles. The van der Waals surface area contributed by atoms with Gasteiger partial charge in [0.25, 0.3) is 0 Å². The van der Waals surface area contributed by atoms with Crippen LogP contribution in [0.1, 0.15) is 78.8 Å². The second kappa shape index (κ2) is 19.0. The minimum atomic E-state index is -0.301. The molecular formula is C40H44N2O2Sn. The Hall–Kier alpha value is -3.64. The summed E-state index contributed by atoms with van der Waals surface area (Å²) in [5, 5.41) is 26.1. The normalized spacial score (nSPS) is 15.9. The first-order valence-corrected chi connectivity index (χ1v) is 15.4. The molecule has 0 N–H and O–H groups in total. The Bertz CT molecular complexity index is 1450. The smallest absolute Gasteiger partial charge is 0.871 e. The number of hydrogen-bond donors (Lipinski definition) is 0. The van der Waals surface area contributed by atoms with Crippen molar-refractivity contribution in [2.75, 3.05) is 0 Å².